The van der Waals surface area contributed by atoms with Gasteiger partial charge in [-0.15, -0.1) is 6.58 Å². The average Bonchev–Trinajstić information content (AvgIpc) is 3.06. The van der Waals surface area contributed by atoms with E-state index < -0.39 is 23.0 Å². The Balaban J connectivity index is 1.78. The quantitative estimate of drug-likeness (QED) is 0.403. The largest absolute Gasteiger partial charge is 0.382 e. The summed E-state index contributed by atoms with van der Waals surface area (Å²) in [6.45, 7) is 3.89. The van der Waals surface area contributed by atoms with Crippen molar-refractivity contribution < 1.29 is 18.4 Å². The summed E-state index contributed by atoms with van der Waals surface area (Å²) in [4.78, 5) is 28.4. The molecule has 0 radical (unpaired) electrons. The predicted molar refractivity (Wildman–Crippen MR) is 109 cm³/mol. The second kappa shape index (κ2) is 8.61. The van der Waals surface area contributed by atoms with Crippen molar-refractivity contribution >= 4 is 39.7 Å². The number of hydrogen-bond donors (Lipinski definition) is 3. The van der Waals surface area contributed by atoms with Gasteiger partial charge in [-0.3, -0.25) is 9.59 Å². The number of anilines is 3. The van der Waals surface area contributed by atoms with E-state index in [-0.39, 0.29) is 21.7 Å². The van der Waals surface area contributed by atoms with Crippen molar-refractivity contribution in [2.45, 2.75) is 0 Å². The summed E-state index contributed by atoms with van der Waals surface area (Å²) in [7, 11) is 0. The number of amides is 1. The lowest BCUT2D eigenvalue weighted by Gasteiger charge is -2.05. The molecule has 4 N–H and O–H groups in total. The third-order valence-electron chi connectivity index (χ3n) is 3.85. The van der Waals surface area contributed by atoms with E-state index in [2.05, 4.69) is 22.2 Å². The third-order valence-corrected chi connectivity index (χ3v) is 4.84. The first-order chi connectivity index (χ1) is 13.9. The van der Waals surface area contributed by atoms with Crippen LogP contribution < -0.4 is 16.4 Å². The molecule has 0 saturated carbocycles. The number of nitrogens with zero attached hydrogens (tertiary/aromatic N) is 1. The summed E-state index contributed by atoms with van der Waals surface area (Å²) in [6, 6.07) is 9.69. The number of thiazole rings is 1. The molecule has 0 bridgehead atoms. The van der Waals surface area contributed by atoms with Gasteiger partial charge in [0.05, 0.1) is 5.56 Å². The maximum absolute atomic E-state index is 13.9. The minimum Gasteiger partial charge on any atom is -0.382 e. The van der Waals surface area contributed by atoms with E-state index in [1.54, 1.807) is 30.3 Å². The first kappa shape index (κ1) is 20.2. The SMILES string of the molecule is C=CCNC(=O)c1ccc(Nc2nc(N)c(C(=O)c3c(F)cccc3F)s2)cc1. The van der Waals surface area contributed by atoms with E-state index >= 15 is 0 Å². The molecule has 0 aliphatic heterocycles. The van der Waals surface area contributed by atoms with Crippen LogP contribution in [0.25, 0.3) is 0 Å². The number of carbonyl (C=O) groups excluding carboxylic acids is 2. The van der Waals surface area contributed by atoms with Crippen LogP contribution in [0.15, 0.2) is 55.1 Å². The van der Waals surface area contributed by atoms with Crippen LogP contribution in [0.2, 0.25) is 0 Å². The Morgan fingerprint density at radius 1 is 1.14 bits per heavy atom. The standard InChI is InChI=1S/C20H16F2N4O2S/c1-2-10-24-19(28)11-6-8-12(9-7-11)25-20-26-18(23)17(29-20)16(27)15-13(21)4-3-5-14(15)22/h2-9H,1,10,23H2,(H,24,28)(H,25,26). The maximum atomic E-state index is 13.9. The van der Waals surface area contributed by atoms with Gasteiger partial charge in [-0.25, -0.2) is 13.8 Å². The average molecular weight is 414 g/mol. The summed E-state index contributed by atoms with van der Waals surface area (Å²) in [6.07, 6.45) is 1.58. The van der Waals surface area contributed by atoms with Gasteiger partial charge in [0.1, 0.15) is 22.3 Å². The molecule has 1 aromatic heterocycles. The number of nitrogen functional groups attached to an aromatic ring is 1. The van der Waals surface area contributed by atoms with Gasteiger partial charge in [-0.1, -0.05) is 23.5 Å². The molecule has 0 fully saturated rings. The van der Waals surface area contributed by atoms with Crippen molar-refractivity contribution in [2.75, 3.05) is 17.6 Å². The first-order valence-electron chi connectivity index (χ1n) is 8.42. The monoisotopic (exact) mass is 414 g/mol. The third kappa shape index (κ3) is 4.46. The Kier molecular flexibility index (Phi) is 5.99. The van der Waals surface area contributed by atoms with Crippen molar-refractivity contribution in [3.8, 4) is 0 Å². The molecule has 9 heteroatoms. The molecular formula is C20H16F2N4O2S. The van der Waals surface area contributed by atoms with Gasteiger partial charge >= 0.3 is 0 Å². The lowest BCUT2D eigenvalue weighted by Crippen LogP contribution is -2.22. The van der Waals surface area contributed by atoms with Crippen LogP contribution >= 0.6 is 11.3 Å². The topological polar surface area (TPSA) is 97.1 Å². The minimum absolute atomic E-state index is 0.0723. The van der Waals surface area contributed by atoms with E-state index in [0.29, 0.717) is 17.8 Å². The molecule has 1 heterocycles. The summed E-state index contributed by atoms with van der Waals surface area (Å²) >= 11 is 0.876. The van der Waals surface area contributed by atoms with Crippen LogP contribution in [0.5, 0.6) is 0 Å². The van der Waals surface area contributed by atoms with Crippen molar-refractivity contribution in [1.29, 1.82) is 0 Å². The van der Waals surface area contributed by atoms with E-state index in [0.717, 1.165) is 23.5 Å². The van der Waals surface area contributed by atoms with Crippen LogP contribution in [0, 0.1) is 11.6 Å². The zero-order chi connectivity index (χ0) is 21.0. The minimum atomic E-state index is -0.970. The van der Waals surface area contributed by atoms with Gasteiger partial charge in [0, 0.05) is 17.8 Å². The number of nitrogens with two attached hydrogens (primary N) is 1. The normalized spacial score (nSPS) is 10.4. The highest BCUT2D eigenvalue weighted by molar-refractivity contribution is 7.18. The van der Waals surface area contributed by atoms with Gasteiger partial charge < -0.3 is 16.4 Å². The van der Waals surface area contributed by atoms with E-state index in [1.165, 1.54) is 6.07 Å². The number of halogens is 2. The maximum Gasteiger partial charge on any atom is 0.251 e. The molecule has 0 aliphatic rings. The molecule has 1 amide bonds. The molecule has 0 atom stereocenters. The van der Waals surface area contributed by atoms with Gasteiger partial charge in [0.25, 0.3) is 5.91 Å². The molecule has 3 rings (SSSR count). The lowest BCUT2D eigenvalue weighted by molar-refractivity contribution is 0.0957. The molecule has 29 heavy (non-hydrogen) atoms. The molecule has 0 spiro atoms. The van der Waals surface area contributed by atoms with E-state index in [9.17, 15) is 18.4 Å². The van der Waals surface area contributed by atoms with E-state index in [4.69, 9.17) is 5.73 Å². The first-order valence-corrected chi connectivity index (χ1v) is 9.23. The number of benzene rings is 2. The molecular weight excluding hydrogens is 398 g/mol. The summed E-state index contributed by atoms with van der Waals surface area (Å²) < 4.78 is 27.8. The fraction of sp³-hybridized carbons (Fsp3) is 0.0500. The number of carbonyl (C=O) groups is 2. The highest BCUT2D eigenvalue weighted by atomic mass is 32.1. The van der Waals surface area contributed by atoms with Crippen molar-refractivity contribution in [2.24, 2.45) is 0 Å². The fourth-order valence-corrected chi connectivity index (χ4v) is 3.32. The van der Waals surface area contributed by atoms with Crippen molar-refractivity contribution in [3.05, 3.63) is 82.8 Å². The molecule has 3 aromatic rings. The van der Waals surface area contributed by atoms with Crippen LogP contribution in [0.1, 0.15) is 25.6 Å². The number of ketones is 1. The van der Waals surface area contributed by atoms with Crippen molar-refractivity contribution in [3.63, 3.8) is 0 Å². The predicted octanol–water partition coefficient (Wildman–Crippen LogP) is 3.89. The highest BCUT2D eigenvalue weighted by Crippen LogP contribution is 2.31. The Hall–Kier alpha value is -3.59. The van der Waals surface area contributed by atoms with Crippen molar-refractivity contribution in [1.82, 2.24) is 10.3 Å². The Bertz CT molecular complexity index is 1060. The van der Waals surface area contributed by atoms with Gasteiger partial charge in [0.2, 0.25) is 5.78 Å². The highest BCUT2D eigenvalue weighted by Gasteiger charge is 2.24. The molecule has 6 nitrogen and oxygen atoms in total. The molecule has 0 saturated heterocycles. The zero-order valence-corrected chi connectivity index (χ0v) is 15.9. The number of aromatic nitrogens is 1. The Morgan fingerprint density at radius 3 is 2.41 bits per heavy atom. The number of nitrogens with one attached hydrogen (secondary N) is 2. The zero-order valence-electron chi connectivity index (χ0n) is 15.0. The van der Waals surface area contributed by atoms with Crippen LogP contribution in [0.3, 0.4) is 0 Å². The lowest BCUT2D eigenvalue weighted by atomic mass is 10.1. The fourth-order valence-electron chi connectivity index (χ4n) is 2.47. The van der Waals surface area contributed by atoms with Crippen LogP contribution in [-0.4, -0.2) is 23.2 Å². The smallest absolute Gasteiger partial charge is 0.251 e. The molecule has 0 unspecified atom stereocenters. The van der Waals surface area contributed by atoms with Crippen LogP contribution in [-0.2, 0) is 0 Å². The molecule has 148 valence electrons. The number of rotatable bonds is 7. The van der Waals surface area contributed by atoms with Gasteiger partial charge in [0.15, 0.2) is 5.13 Å². The summed E-state index contributed by atoms with van der Waals surface area (Å²) in [5.74, 6) is -3.19. The Labute approximate surface area is 169 Å². The molecule has 2 aromatic carbocycles. The van der Waals surface area contributed by atoms with E-state index in [1.807, 2.05) is 0 Å². The summed E-state index contributed by atoms with van der Waals surface area (Å²) in [5.41, 5.74) is 6.15. The summed E-state index contributed by atoms with van der Waals surface area (Å²) in [5, 5.41) is 5.88. The molecule has 0 aliphatic carbocycles. The second-order valence-electron chi connectivity index (χ2n) is 5.86. The Morgan fingerprint density at radius 2 is 1.79 bits per heavy atom. The van der Waals surface area contributed by atoms with Gasteiger partial charge in [-0.05, 0) is 36.4 Å². The number of hydrogen-bond acceptors (Lipinski definition) is 6. The van der Waals surface area contributed by atoms with Crippen LogP contribution in [0.4, 0.5) is 25.4 Å². The second-order valence-corrected chi connectivity index (χ2v) is 6.86. The van der Waals surface area contributed by atoms with Gasteiger partial charge in [-0.2, -0.15) is 0 Å².